The Kier molecular flexibility index (Phi) is 4.19. The molecule has 0 fully saturated rings. The van der Waals surface area contributed by atoms with Gasteiger partial charge in [0.25, 0.3) is 0 Å². The van der Waals surface area contributed by atoms with Crippen LogP contribution in [0.3, 0.4) is 0 Å². The van der Waals surface area contributed by atoms with E-state index >= 15 is 0 Å². The summed E-state index contributed by atoms with van der Waals surface area (Å²) in [6, 6.07) is 4.03. The zero-order chi connectivity index (χ0) is 10.4. The molecule has 0 radical (unpaired) electrons. The van der Waals surface area contributed by atoms with E-state index in [1.54, 1.807) is 20.4 Å². The van der Waals surface area contributed by atoms with E-state index in [1.165, 1.54) is 0 Å². The number of hydrogen-bond acceptors (Lipinski definition) is 4. The summed E-state index contributed by atoms with van der Waals surface area (Å²) in [6.45, 7) is 2.69. The van der Waals surface area contributed by atoms with Gasteiger partial charge in [0.1, 0.15) is 0 Å². The predicted molar refractivity (Wildman–Crippen MR) is 55.7 cm³/mol. The van der Waals surface area contributed by atoms with Gasteiger partial charge in [0.05, 0.1) is 19.4 Å². The Hall–Kier alpha value is -1.29. The van der Waals surface area contributed by atoms with Crippen LogP contribution in [0.4, 0.5) is 5.69 Å². The molecule has 0 amide bonds. The Morgan fingerprint density at radius 2 is 2.29 bits per heavy atom. The summed E-state index contributed by atoms with van der Waals surface area (Å²) in [4.78, 5) is 4.08. The molecule has 0 aromatic carbocycles. The first-order chi connectivity index (χ1) is 6.77. The van der Waals surface area contributed by atoms with Crippen molar-refractivity contribution in [3.8, 4) is 5.88 Å². The Morgan fingerprint density at radius 3 is 2.93 bits per heavy atom. The molecular formula is C10H16N2O2. The monoisotopic (exact) mass is 196 g/mol. The molecule has 1 aromatic heterocycles. The fourth-order valence-corrected chi connectivity index (χ4v) is 1.22. The van der Waals surface area contributed by atoms with Gasteiger partial charge in [-0.3, -0.25) is 0 Å². The van der Waals surface area contributed by atoms with Crippen LogP contribution in [0.15, 0.2) is 18.3 Å². The molecule has 0 aliphatic rings. The highest BCUT2D eigenvalue weighted by Gasteiger charge is 2.06. The first-order valence-electron chi connectivity index (χ1n) is 4.52. The molecule has 0 aliphatic heterocycles. The summed E-state index contributed by atoms with van der Waals surface area (Å²) >= 11 is 0. The van der Waals surface area contributed by atoms with Gasteiger partial charge in [0.15, 0.2) is 0 Å². The first kappa shape index (κ1) is 10.8. The van der Waals surface area contributed by atoms with Crippen LogP contribution >= 0.6 is 0 Å². The average Bonchev–Trinajstić information content (AvgIpc) is 2.19. The van der Waals surface area contributed by atoms with Crippen LogP contribution in [0.25, 0.3) is 0 Å². The van der Waals surface area contributed by atoms with Crippen molar-refractivity contribution in [3.05, 3.63) is 18.3 Å². The van der Waals surface area contributed by atoms with Crippen LogP contribution in [0.1, 0.15) is 6.92 Å². The molecule has 1 N–H and O–H groups in total. The van der Waals surface area contributed by atoms with Gasteiger partial charge in [-0.15, -0.1) is 0 Å². The number of hydrogen-bond donors (Lipinski definition) is 1. The fourth-order valence-electron chi connectivity index (χ4n) is 1.22. The van der Waals surface area contributed by atoms with Crippen molar-refractivity contribution in [1.82, 2.24) is 4.98 Å². The Bertz CT molecular complexity index is 279. The molecule has 78 valence electrons. The average molecular weight is 196 g/mol. The number of nitrogens with one attached hydrogen (secondary N) is 1. The topological polar surface area (TPSA) is 43.4 Å². The van der Waals surface area contributed by atoms with Crippen LogP contribution in [-0.4, -0.2) is 31.9 Å². The van der Waals surface area contributed by atoms with E-state index in [2.05, 4.69) is 10.3 Å². The molecule has 4 nitrogen and oxygen atoms in total. The van der Waals surface area contributed by atoms with Crippen molar-refractivity contribution in [2.75, 3.05) is 26.1 Å². The van der Waals surface area contributed by atoms with E-state index in [0.717, 1.165) is 5.69 Å². The zero-order valence-corrected chi connectivity index (χ0v) is 8.78. The lowest BCUT2D eigenvalue weighted by Crippen LogP contribution is -2.21. The minimum Gasteiger partial charge on any atom is -0.480 e. The molecule has 0 bridgehead atoms. The SMILES string of the molecule is COCC(C)Nc1cccnc1OC. The number of ether oxygens (including phenoxy) is 2. The van der Waals surface area contributed by atoms with Gasteiger partial charge in [-0.25, -0.2) is 4.98 Å². The van der Waals surface area contributed by atoms with Crippen LogP contribution in [0.2, 0.25) is 0 Å². The van der Waals surface area contributed by atoms with Crippen LogP contribution in [0, 0.1) is 0 Å². The predicted octanol–water partition coefficient (Wildman–Crippen LogP) is 1.54. The Morgan fingerprint density at radius 1 is 1.50 bits per heavy atom. The van der Waals surface area contributed by atoms with E-state index < -0.39 is 0 Å². The Labute approximate surface area is 84.3 Å². The quantitative estimate of drug-likeness (QED) is 0.775. The highest BCUT2D eigenvalue weighted by atomic mass is 16.5. The maximum Gasteiger partial charge on any atom is 0.237 e. The highest BCUT2D eigenvalue weighted by molar-refractivity contribution is 5.52. The van der Waals surface area contributed by atoms with Gasteiger partial charge in [-0.1, -0.05) is 0 Å². The molecule has 1 rings (SSSR count). The van der Waals surface area contributed by atoms with E-state index in [4.69, 9.17) is 9.47 Å². The first-order valence-corrected chi connectivity index (χ1v) is 4.52. The molecule has 1 atom stereocenters. The Balaban J connectivity index is 2.65. The van der Waals surface area contributed by atoms with Crippen molar-refractivity contribution in [3.63, 3.8) is 0 Å². The molecular weight excluding hydrogens is 180 g/mol. The molecule has 1 unspecified atom stereocenters. The van der Waals surface area contributed by atoms with Crippen molar-refractivity contribution in [1.29, 1.82) is 0 Å². The maximum atomic E-state index is 5.11. The lowest BCUT2D eigenvalue weighted by molar-refractivity contribution is 0.190. The minimum absolute atomic E-state index is 0.234. The minimum atomic E-state index is 0.234. The van der Waals surface area contributed by atoms with Crippen molar-refractivity contribution < 1.29 is 9.47 Å². The normalized spacial score (nSPS) is 12.2. The van der Waals surface area contributed by atoms with E-state index in [0.29, 0.717) is 12.5 Å². The number of rotatable bonds is 5. The molecule has 0 aliphatic carbocycles. The van der Waals surface area contributed by atoms with Crippen molar-refractivity contribution in [2.45, 2.75) is 13.0 Å². The summed E-state index contributed by atoms with van der Waals surface area (Å²) in [6.07, 6.45) is 1.70. The van der Waals surface area contributed by atoms with Crippen molar-refractivity contribution >= 4 is 5.69 Å². The number of aromatic nitrogens is 1. The van der Waals surface area contributed by atoms with E-state index in [-0.39, 0.29) is 6.04 Å². The smallest absolute Gasteiger partial charge is 0.237 e. The number of nitrogens with zero attached hydrogens (tertiary/aromatic N) is 1. The van der Waals surface area contributed by atoms with Gasteiger partial charge in [-0.05, 0) is 19.1 Å². The summed E-state index contributed by atoms with van der Waals surface area (Å²) < 4.78 is 10.1. The summed E-state index contributed by atoms with van der Waals surface area (Å²) in [5.74, 6) is 0.607. The highest BCUT2D eigenvalue weighted by Crippen LogP contribution is 2.20. The van der Waals surface area contributed by atoms with Gasteiger partial charge in [0.2, 0.25) is 5.88 Å². The second kappa shape index (κ2) is 5.44. The maximum absolute atomic E-state index is 5.11. The lowest BCUT2D eigenvalue weighted by atomic mass is 10.3. The molecule has 1 heterocycles. The number of methoxy groups -OCH3 is 2. The van der Waals surface area contributed by atoms with Crippen LogP contribution < -0.4 is 10.1 Å². The van der Waals surface area contributed by atoms with Gasteiger partial charge in [-0.2, -0.15) is 0 Å². The summed E-state index contributed by atoms with van der Waals surface area (Å²) in [5, 5.41) is 3.25. The third kappa shape index (κ3) is 2.88. The van der Waals surface area contributed by atoms with E-state index in [1.807, 2.05) is 19.1 Å². The zero-order valence-electron chi connectivity index (χ0n) is 8.78. The van der Waals surface area contributed by atoms with E-state index in [9.17, 15) is 0 Å². The second-order valence-electron chi connectivity index (χ2n) is 3.06. The lowest BCUT2D eigenvalue weighted by Gasteiger charge is -2.15. The molecule has 4 heteroatoms. The second-order valence-corrected chi connectivity index (χ2v) is 3.06. The van der Waals surface area contributed by atoms with Crippen LogP contribution in [0.5, 0.6) is 5.88 Å². The summed E-state index contributed by atoms with van der Waals surface area (Å²) in [5.41, 5.74) is 0.888. The molecule has 0 saturated heterocycles. The molecule has 1 aromatic rings. The molecule has 0 spiro atoms. The van der Waals surface area contributed by atoms with Crippen LogP contribution in [-0.2, 0) is 4.74 Å². The van der Waals surface area contributed by atoms with Gasteiger partial charge in [0, 0.05) is 19.3 Å². The standard InChI is InChI=1S/C10H16N2O2/c1-8(7-13-2)12-9-5-4-6-11-10(9)14-3/h4-6,8,12H,7H2,1-3H3. The number of anilines is 1. The van der Waals surface area contributed by atoms with Gasteiger partial charge >= 0.3 is 0 Å². The molecule has 14 heavy (non-hydrogen) atoms. The van der Waals surface area contributed by atoms with Crippen molar-refractivity contribution in [2.24, 2.45) is 0 Å². The summed E-state index contributed by atoms with van der Waals surface area (Å²) in [7, 11) is 3.28. The molecule has 0 saturated carbocycles. The fraction of sp³-hybridized carbons (Fsp3) is 0.500. The number of pyridine rings is 1. The third-order valence-corrected chi connectivity index (χ3v) is 1.78. The largest absolute Gasteiger partial charge is 0.480 e. The third-order valence-electron chi connectivity index (χ3n) is 1.78. The van der Waals surface area contributed by atoms with Gasteiger partial charge < -0.3 is 14.8 Å².